The summed E-state index contributed by atoms with van der Waals surface area (Å²) in [6.45, 7) is 8.00. The summed E-state index contributed by atoms with van der Waals surface area (Å²) in [7, 11) is 1.39. The average molecular weight is 236 g/mol. The molecule has 0 heterocycles. The van der Waals surface area contributed by atoms with E-state index in [1.165, 1.54) is 7.11 Å². The maximum Gasteiger partial charge on any atom is 0.337 e. The number of aryl methyl sites for hydroxylation is 2. The molecule has 0 bridgehead atoms. The van der Waals surface area contributed by atoms with Gasteiger partial charge in [0.2, 0.25) is 0 Å². The largest absolute Gasteiger partial charge is 0.490 e. The van der Waals surface area contributed by atoms with Crippen LogP contribution in [0.1, 0.15) is 41.8 Å². The lowest BCUT2D eigenvalue weighted by molar-refractivity contribution is 0.0600. The Morgan fingerprint density at radius 1 is 1.29 bits per heavy atom. The minimum atomic E-state index is -0.314. The Bertz CT molecular complexity index is 387. The first-order valence-corrected chi connectivity index (χ1v) is 5.85. The number of carbonyl (C=O) groups is 1. The third-order valence-electron chi connectivity index (χ3n) is 2.78. The zero-order valence-electron chi connectivity index (χ0n) is 11.2. The van der Waals surface area contributed by atoms with Gasteiger partial charge in [-0.2, -0.15) is 0 Å². The van der Waals surface area contributed by atoms with E-state index >= 15 is 0 Å². The van der Waals surface area contributed by atoms with Crippen molar-refractivity contribution in [1.29, 1.82) is 0 Å². The molecule has 1 atom stereocenters. The molecule has 17 heavy (non-hydrogen) atoms. The molecule has 0 aliphatic carbocycles. The summed E-state index contributed by atoms with van der Waals surface area (Å²) < 4.78 is 10.5. The van der Waals surface area contributed by atoms with Gasteiger partial charge in [0, 0.05) is 0 Å². The smallest absolute Gasteiger partial charge is 0.337 e. The van der Waals surface area contributed by atoms with Crippen molar-refractivity contribution in [3.8, 4) is 5.75 Å². The predicted molar refractivity (Wildman–Crippen MR) is 67.6 cm³/mol. The second kappa shape index (κ2) is 5.71. The van der Waals surface area contributed by atoms with E-state index in [1.807, 2.05) is 20.8 Å². The fraction of sp³-hybridized carbons (Fsp3) is 0.500. The number of carbonyl (C=O) groups excluding carboxylic acids is 1. The van der Waals surface area contributed by atoms with Crippen molar-refractivity contribution in [3.05, 3.63) is 28.8 Å². The van der Waals surface area contributed by atoms with Gasteiger partial charge in [-0.05, 0) is 50.5 Å². The molecule has 0 saturated heterocycles. The summed E-state index contributed by atoms with van der Waals surface area (Å²) in [6, 6.07) is 3.60. The van der Waals surface area contributed by atoms with Crippen LogP contribution in [-0.4, -0.2) is 19.2 Å². The highest BCUT2D eigenvalue weighted by Crippen LogP contribution is 2.26. The minimum Gasteiger partial charge on any atom is -0.490 e. The average Bonchev–Trinajstić information content (AvgIpc) is 2.32. The molecule has 0 unspecified atom stereocenters. The maximum absolute atomic E-state index is 11.4. The summed E-state index contributed by atoms with van der Waals surface area (Å²) in [4.78, 5) is 11.4. The number of hydrogen-bond acceptors (Lipinski definition) is 3. The standard InChI is InChI=1S/C14H20O3/c1-6-11(4)17-13-9(2)7-12(8-10(13)3)14(15)16-5/h7-8,11H,6H2,1-5H3/t11-/m1/s1. The number of benzene rings is 1. The molecule has 0 aliphatic heterocycles. The van der Waals surface area contributed by atoms with Crippen molar-refractivity contribution in [2.24, 2.45) is 0 Å². The lowest BCUT2D eigenvalue weighted by atomic mass is 10.1. The second-order valence-corrected chi connectivity index (χ2v) is 4.27. The molecular formula is C14H20O3. The molecule has 1 rings (SSSR count). The van der Waals surface area contributed by atoms with Gasteiger partial charge in [-0.15, -0.1) is 0 Å². The van der Waals surface area contributed by atoms with E-state index in [0.29, 0.717) is 5.56 Å². The number of esters is 1. The predicted octanol–water partition coefficient (Wildman–Crippen LogP) is 3.27. The molecule has 1 aromatic carbocycles. The molecule has 0 N–H and O–H groups in total. The normalized spacial score (nSPS) is 12.1. The van der Waals surface area contributed by atoms with Crippen molar-refractivity contribution in [2.45, 2.75) is 40.2 Å². The Morgan fingerprint density at radius 3 is 2.24 bits per heavy atom. The minimum absolute atomic E-state index is 0.177. The van der Waals surface area contributed by atoms with Gasteiger partial charge in [0.25, 0.3) is 0 Å². The van der Waals surface area contributed by atoms with Gasteiger partial charge in [-0.3, -0.25) is 0 Å². The van der Waals surface area contributed by atoms with Gasteiger partial charge >= 0.3 is 5.97 Å². The third kappa shape index (κ3) is 3.22. The molecule has 0 radical (unpaired) electrons. The second-order valence-electron chi connectivity index (χ2n) is 4.27. The number of rotatable bonds is 4. The number of hydrogen-bond donors (Lipinski definition) is 0. The quantitative estimate of drug-likeness (QED) is 0.753. The van der Waals surface area contributed by atoms with Crippen LogP contribution < -0.4 is 4.74 Å². The Labute approximate surface area is 103 Å². The first-order valence-electron chi connectivity index (χ1n) is 5.85. The molecule has 0 saturated carbocycles. The van der Waals surface area contributed by atoms with Gasteiger partial charge in [0.15, 0.2) is 0 Å². The van der Waals surface area contributed by atoms with Crippen LogP contribution >= 0.6 is 0 Å². The van der Waals surface area contributed by atoms with Crippen LogP contribution in [0.15, 0.2) is 12.1 Å². The van der Waals surface area contributed by atoms with Crippen LogP contribution in [0, 0.1) is 13.8 Å². The lowest BCUT2D eigenvalue weighted by Crippen LogP contribution is -2.12. The lowest BCUT2D eigenvalue weighted by Gasteiger charge is -2.17. The molecule has 94 valence electrons. The van der Waals surface area contributed by atoms with Crippen LogP contribution in [0.2, 0.25) is 0 Å². The molecule has 0 aromatic heterocycles. The van der Waals surface area contributed by atoms with E-state index in [-0.39, 0.29) is 12.1 Å². The van der Waals surface area contributed by atoms with E-state index in [9.17, 15) is 4.79 Å². The van der Waals surface area contributed by atoms with E-state index in [2.05, 4.69) is 6.92 Å². The topological polar surface area (TPSA) is 35.5 Å². The van der Waals surface area contributed by atoms with Crippen LogP contribution in [-0.2, 0) is 4.74 Å². The zero-order chi connectivity index (χ0) is 13.0. The maximum atomic E-state index is 11.4. The fourth-order valence-corrected chi connectivity index (χ4v) is 1.66. The van der Waals surface area contributed by atoms with Crippen molar-refractivity contribution in [2.75, 3.05) is 7.11 Å². The van der Waals surface area contributed by atoms with E-state index in [0.717, 1.165) is 23.3 Å². The molecule has 0 amide bonds. The molecule has 0 fully saturated rings. The highest BCUT2D eigenvalue weighted by atomic mass is 16.5. The Hall–Kier alpha value is -1.51. The van der Waals surface area contributed by atoms with E-state index in [1.54, 1.807) is 12.1 Å². The summed E-state index contributed by atoms with van der Waals surface area (Å²) >= 11 is 0. The Balaban J connectivity index is 3.06. The van der Waals surface area contributed by atoms with E-state index in [4.69, 9.17) is 9.47 Å². The van der Waals surface area contributed by atoms with Crippen LogP contribution in [0.4, 0.5) is 0 Å². The summed E-state index contributed by atoms with van der Waals surface area (Å²) in [5, 5.41) is 0. The van der Waals surface area contributed by atoms with Gasteiger partial charge < -0.3 is 9.47 Å². The molecular weight excluding hydrogens is 216 g/mol. The van der Waals surface area contributed by atoms with Crippen molar-refractivity contribution >= 4 is 5.97 Å². The van der Waals surface area contributed by atoms with Crippen molar-refractivity contribution in [3.63, 3.8) is 0 Å². The molecule has 3 nitrogen and oxygen atoms in total. The summed E-state index contributed by atoms with van der Waals surface area (Å²) in [5.74, 6) is 0.554. The van der Waals surface area contributed by atoms with Gasteiger partial charge in [-0.25, -0.2) is 4.79 Å². The molecule has 1 aromatic rings. The molecule has 0 aliphatic rings. The van der Waals surface area contributed by atoms with Crippen molar-refractivity contribution in [1.82, 2.24) is 0 Å². The Kier molecular flexibility index (Phi) is 4.55. The number of methoxy groups -OCH3 is 1. The molecule has 0 spiro atoms. The highest BCUT2D eigenvalue weighted by molar-refractivity contribution is 5.90. The monoisotopic (exact) mass is 236 g/mol. The van der Waals surface area contributed by atoms with Gasteiger partial charge in [0.05, 0.1) is 18.8 Å². The summed E-state index contributed by atoms with van der Waals surface area (Å²) in [6.07, 6.45) is 1.13. The molecule has 3 heteroatoms. The first kappa shape index (κ1) is 13.6. The van der Waals surface area contributed by atoms with Gasteiger partial charge in [0.1, 0.15) is 5.75 Å². The van der Waals surface area contributed by atoms with Crippen LogP contribution in [0.3, 0.4) is 0 Å². The zero-order valence-corrected chi connectivity index (χ0v) is 11.2. The SMILES string of the molecule is CC[C@@H](C)Oc1c(C)cc(C(=O)OC)cc1C. The first-order chi connectivity index (χ1) is 7.99. The van der Waals surface area contributed by atoms with Crippen LogP contribution in [0.25, 0.3) is 0 Å². The van der Waals surface area contributed by atoms with E-state index < -0.39 is 0 Å². The fourth-order valence-electron chi connectivity index (χ4n) is 1.66. The van der Waals surface area contributed by atoms with Gasteiger partial charge in [-0.1, -0.05) is 6.92 Å². The third-order valence-corrected chi connectivity index (χ3v) is 2.78. The Morgan fingerprint density at radius 2 is 1.82 bits per heavy atom. The van der Waals surface area contributed by atoms with Crippen LogP contribution in [0.5, 0.6) is 5.75 Å². The highest BCUT2D eigenvalue weighted by Gasteiger charge is 2.13. The summed E-state index contributed by atoms with van der Waals surface area (Å²) in [5.41, 5.74) is 2.50. The number of ether oxygens (including phenoxy) is 2. The van der Waals surface area contributed by atoms with Crippen molar-refractivity contribution < 1.29 is 14.3 Å².